The van der Waals surface area contributed by atoms with Crippen LogP contribution in [0, 0.1) is 6.92 Å². The molecule has 9 heteroatoms. The Labute approximate surface area is 239 Å². The van der Waals surface area contributed by atoms with Gasteiger partial charge < -0.3 is 19.9 Å². The monoisotopic (exact) mass is 557 g/mol. The molecule has 40 heavy (non-hydrogen) atoms. The average Bonchev–Trinajstić information content (AvgIpc) is 3.59. The first-order chi connectivity index (χ1) is 19.2. The van der Waals surface area contributed by atoms with Gasteiger partial charge in [0.1, 0.15) is 19.0 Å². The van der Waals surface area contributed by atoms with Crippen LogP contribution in [-0.4, -0.2) is 62.3 Å². The highest BCUT2D eigenvalue weighted by atomic mass is 16.5. The zero-order valence-electron chi connectivity index (χ0n) is 25.0. The van der Waals surface area contributed by atoms with E-state index in [1.165, 1.54) is 12.8 Å². The predicted molar refractivity (Wildman–Crippen MR) is 156 cm³/mol. The molecule has 1 unspecified atom stereocenters. The second kappa shape index (κ2) is 15.1. The molecule has 2 heterocycles. The van der Waals surface area contributed by atoms with Crippen LogP contribution in [-0.2, 0) is 27.3 Å². The fourth-order valence-corrected chi connectivity index (χ4v) is 5.77. The smallest absolute Gasteiger partial charge is 0.341 e. The van der Waals surface area contributed by atoms with Crippen molar-refractivity contribution in [2.45, 2.75) is 98.1 Å². The summed E-state index contributed by atoms with van der Waals surface area (Å²) in [6.45, 7) is 11.5. The molecule has 2 aliphatic rings. The van der Waals surface area contributed by atoms with Gasteiger partial charge in [-0.1, -0.05) is 38.3 Å². The summed E-state index contributed by atoms with van der Waals surface area (Å²) < 4.78 is 16.7. The van der Waals surface area contributed by atoms with Crippen LogP contribution in [0.15, 0.2) is 11.6 Å². The largest absolute Gasteiger partial charge is 0.496 e. The number of hydrogen-bond donors (Lipinski definition) is 1. The highest BCUT2D eigenvalue weighted by Crippen LogP contribution is 2.44. The van der Waals surface area contributed by atoms with E-state index in [0.29, 0.717) is 49.3 Å². The lowest BCUT2D eigenvalue weighted by Crippen LogP contribution is -2.45. The second-order valence-electron chi connectivity index (χ2n) is 10.9. The van der Waals surface area contributed by atoms with E-state index in [0.717, 1.165) is 61.2 Å². The van der Waals surface area contributed by atoms with E-state index in [-0.39, 0.29) is 18.6 Å². The van der Waals surface area contributed by atoms with Gasteiger partial charge in [0, 0.05) is 30.1 Å². The molecule has 0 saturated carbocycles. The molecular formula is C31H47N3O6. The van der Waals surface area contributed by atoms with Gasteiger partial charge in [-0.05, 0) is 71.0 Å². The van der Waals surface area contributed by atoms with Crippen molar-refractivity contribution in [3.8, 4) is 5.75 Å². The van der Waals surface area contributed by atoms with Crippen molar-refractivity contribution < 1.29 is 28.6 Å². The van der Waals surface area contributed by atoms with Crippen LogP contribution in [0.3, 0.4) is 0 Å². The summed E-state index contributed by atoms with van der Waals surface area (Å²) in [7, 11) is 1.59. The fraction of sp³-hybridized carbons (Fsp3) is 0.645. The van der Waals surface area contributed by atoms with Gasteiger partial charge in [0.05, 0.1) is 18.4 Å². The van der Waals surface area contributed by atoms with Crippen molar-refractivity contribution in [3.05, 3.63) is 33.9 Å². The van der Waals surface area contributed by atoms with Gasteiger partial charge in [-0.2, -0.15) is 0 Å². The molecule has 2 amide bonds. The third kappa shape index (κ3) is 7.56. The molecular weight excluding hydrogens is 510 g/mol. The number of fused-ring (bicyclic) bond motifs is 1. The maximum absolute atomic E-state index is 13.0. The zero-order valence-corrected chi connectivity index (χ0v) is 25.0. The third-order valence-electron chi connectivity index (χ3n) is 8.10. The number of unbranched alkanes of at least 4 members (excludes halogenated alkanes) is 1. The summed E-state index contributed by atoms with van der Waals surface area (Å²) in [5.74, 6) is -0.0389. The van der Waals surface area contributed by atoms with Crippen LogP contribution in [0.4, 0.5) is 10.5 Å². The van der Waals surface area contributed by atoms with Gasteiger partial charge in [-0.25, -0.2) is 9.59 Å². The topological polar surface area (TPSA) is 111 Å². The van der Waals surface area contributed by atoms with E-state index < -0.39 is 12.0 Å². The summed E-state index contributed by atoms with van der Waals surface area (Å²) >= 11 is 0. The molecule has 222 valence electrons. The van der Waals surface area contributed by atoms with E-state index in [1.54, 1.807) is 12.0 Å². The van der Waals surface area contributed by atoms with Crippen molar-refractivity contribution >= 4 is 23.7 Å². The number of primary amides is 1. The maximum atomic E-state index is 13.0. The number of esters is 2. The van der Waals surface area contributed by atoms with Crippen LogP contribution in [0.2, 0.25) is 0 Å². The number of urea groups is 1. The number of methoxy groups -OCH3 is 1. The lowest BCUT2D eigenvalue weighted by Gasteiger charge is -2.33. The minimum atomic E-state index is -0.602. The molecule has 9 nitrogen and oxygen atoms in total. The number of ether oxygens (including phenoxy) is 3. The first kappa shape index (κ1) is 31.5. The fourth-order valence-electron chi connectivity index (χ4n) is 5.77. The molecule has 0 spiro atoms. The van der Waals surface area contributed by atoms with Crippen molar-refractivity contribution in [1.82, 2.24) is 4.90 Å². The number of cyclic esters (lactones) is 1. The molecule has 2 N–H and O–H groups in total. The summed E-state index contributed by atoms with van der Waals surface area (Å²) in [6, 6.07) is -0.768. The van der Waals surface area contributed by atoms with Gasteiger partial charge in [-0.15, -0.1) is 0 Å². The Morgan fingerprint density at radius 2 is 1.93 bits per heavy atom. The van der Waals surface area contributed by atoms with Gasteiger partial charge in [0.15, 0.2) is 0 Å². The number of allylic oxidation sites excluding steroid dienone is 2. The van der Waals surface area contributed by atoms with Gasteiger partial charge >= 0.3 is 18.0 Å². The van der Waals surface area contributed by atoms with Crippen LogP contribution >= 0.6 is 0 Å². The number of nitrogens with two attached hydrogens (primary N) is 1. The Morgan fingerprint density at radius 1 is 1.20 bits per heavy atom. The Kier molecular flexibility index (Phi) is 11.9. The number of likely N-dealkylation sites (tertiary alicyclic amines) is 1. The molecule has 1 aromatic rings. The maximum Gasteiger partial charge on any atom is 0.341 e. The number of hydrogen-bond acceptors (Lipinski definition) is 7. The van der Waals surface area contributed by atoms with E-state index >= 15 is 0 Å². The number of nitrogens with zero attached hydrogens (tertiary/aromatic N) is 2. The first-order valence-electron chi connectivity index (χ1n) is 14.7. The number of benzene rings is 1. The molecule has 3 rings (SSSR count). The second-order valence-corrected chi connectivity index (χ2v) is 10.9. The van der Waals surface area contributed by atoms with Crippen molar-refractivity contribution in [3.63, 3.8) is 0 Å². The van der Waals surface area contributed by atoms with Gasteiger partial charge in [0.2, 0.25) is 0 Å². The molecule has 1 aromatic carbocycles. The summed E-state index contributed by atoms with van der Waals surface area (Å²) in [5.41, 5.74) is 10.2. The molecule has 0 bridgehead atoms. The molecule has 2 aliphatic heterocycles. The minimum absolute atomic E-state index is 0.136. The Hall–Kier alpha value is -3.07. The van der Waals surface area contributed by atoms with Crippen LogP contribution in [0.1, 0.15) is 99.2 Å². The highest BCUT2D eigenvalue weighted by Gasteiger charge is 2.37. The molecule has 0 aromatic heterocycles. The van der Waals surface area contributed by atoms with Crippen molar-refractivity contribution in [2.75, 3.05) is 38.3 Å². The number of anilines is 1. The number of rotatable bonds is 15. The SMILES string of the molecule is CCCCC(CC)N(C(N)=O)c1c(CC=C(C)CCC(=O)OCCN2CCCC2)c(OC)c(C)c2c1C(=O)OC2. The normalized spacial score (nSPS) is 16.0. The summed E-state index contributed by atoms with van der Waals surface area (Å²) in [6.07, 6.45) is 9.08. The van der Waals surface area contributed by atoms with Crippen LogP contribution in [0.5, 0.6) is 5.75 Å². The lowest BCUT2D eigenvalue weighted by atomic mass is 9.91. The lowest BCUT2D eigenvalue weighted by molar-refractivity contribution is -0.143. The number of carbonyl (C=O) groups excluding carboxylic acids is 3. The quantitative estimate of drug-likeness (QED) is 0.226. The van der Waals surface area contributed by atoms with E-state index in [9.17, 15) is 14.4 Å². The van der Waals surface area contributed by atoms with Gasteiger partial charge in [0.25, 0.3) is 0 Å². The Morgan fingerprint density at radius 3 is 2.55 bits per heavy atom. The minimum Gasteiger partial charge on any atom is -0.496 e. The van der Waals surface area contributed by atoms with E-state index in [2.05, 4.69) is 11.8 Å². The molecule has 0 aliphatic carbocycles. The predicted octanol–water partition coefficient (Wildman–Crippen LogP) is 5.44. The third-order valence-corrected chi connectivity index (χ3v) is 8.10. The standard InChI is InChI=1S/C31H47N3O6/c1-6-8-11-23(7-2)34(31(32)37)28-24(29(38-5)22(4)25-20-40-30(36)27(25)28)14-12-21(3)13-15-26(35)39-19-18-33-16-9-10-17-33/h12,23H,6-11,13-20H2,1-5H3,(H2,32,37). The Balaban J connectivity index is 1.86. The van der Waals surface area contributed by atoms with Crippen molar-refractivity contribution in [1.29, 1.82) is 0 Å². The molecule has 1 atom stereocenters. The summed E-state index contributed by atoms with van der Waals surface area (Å²) in [5, 5.41) is 0. The number of carbonyl (C=O) groups is 3. The van der Waals surface area contributed by atoms with Gasteiger partial charge in [-0.3, -0.25) is 14.6 Å². The van der Waals surface area contributed by atoms with Crippen LogP contribution in [0.25, 0.3) is 0 Å². The number of amides is 2. The van der Waals surface area contributed by atoms with E-state index in [4.69, 9.17) is 19.9 Å². The first-order valence-corrected chi connectivity index (χ1v) is 14.7. The van der Waals surface area contributed by atoms with Crippen molar-refractivity contribution in [2.24, 2.45) is 5.73 Å². The summed E-state index contributed by atoms with van der Waals surface area (Å²) in [4.78, 5) is 42.2. The Bertz CT molecular complexity index is 1090. The zero-order chi connectivity index (χ0) is 29.2. The molecule has 1 fully saturated rings. The highest BCUT2D eigenvalue weighted by molar-refractivity contribution is 6.06. The molecule has 1 saturated heterocycles. The molecule has 0 radical (unpaired) electrons. The average molecular weight is 558 g/mol. The van der Waals surface area contributed by atoms with E-state index in [1.807, 2.05) is 26.8 Å². The van der Waals surface area contributed by atoms with Crippen LogP contribution < -0.4 is 15.4 Å².